The summed E-state index contributed by atoms with van der Waals surface area (Å²) in [6, 6.07) is 7.02. The Bertz CT molecular complexity index is 514. The summed E-state index contributed by atoms with van der Waals surface area (Å²) in [6.07, 6.45) is -0.494. The molecule has 0 radical (unpaired) electrons. The maximum absolute atomic E-state index is 11.7. The molecule has 8 nitrogen and oxygen atoms in total. The second-order valence-electron chi connectivity index (χ2n) is 6.56. The highest BCUT2D eigenvalue weighted by molar-refractivity contribution is 5.84. The van der Waals surface area contributed by atoms with E-state index in [2.05, 4.69) is 5.32 Å². The minimum absolute atomic E-state index is 0.0199. The third-order valence-corrected chi connectivity index (χ3v) is 2.98. The molecule has 0 heterocycles. The van der Waals surface area contributed by atoms with Crippen LogP contribution in [0.5, 0.6) is 5.75 Å². The van der Waals surface area contributed by atoms with Crippen LogP contribution in [0.3, 0.4) is 0 Å². The Morgan fingerprint density at radius 3 is 1.93 bits per heavy atom. The fraction of sp³-hybridized carbons (Fsp3) is 0.632. The second kappa shape index (κ2) is 13.3. The predicted molar refractivity (Wildman–Crippen MR) is 101 cm³/mol. The lowest BCUT2D eigenvalue weighted by Gasteiger charge is -2.19. The number of nitrogens with one attached hydrogen (secondary N) is 1. The van der Waals surface area contributed by atoms with Crippen LogP contribution in [0.1, 0.15) is 20.8 Å². The van der Waals surface area contributed by atoms with Crippen molar-refractivity contribution in [1.82, 2.24) is 0 Å². The number of rotatable bonds is 13. The molecular formula is C19H31NO7. The van der Waals surface area contributed by atoms with E-state index in [1.807, 2.05) is 20.8 Å². The van der Waals surface area contributed by atoms with Crippen LogP contribution in [0.15, 0.2) is 24.3 Å². The standard InChI is InChI=1S/C19H31NO7/c1-19(2,3)27-18(22)20-16-4-6-17(7-5-16)26-15-14-25-13-12-24-11-10-23-9-8-21/h4-7,21H,8-15H2,1-3H3,(H,20,22). The van der Waals surface area contributed by atoms with Gasteiger partial charge in [-0.05, 0) is 45.0 Å². The number of hydrogen-bond acceptors (Lipinski definition) is 7. The molecule has 0 spiro atoms. The molecule has 154 valence electrons. The number of ether oxygens (including phenoxy) is 5. The Morgan fingerprint density at radius 2 is 1.41 bits per heavy atom. The monoisotopic (exact) mass is 385 g/mol. The number of hydrogen-bond donors (Lipinski definition) is 2. The molecule has 2 N–H and O–H groups in total. The molecule has 0 aliphatic carbocycles. The van der Waals surface area contributed by atoms with Crippen molar-refractivity contribution in [3.63, 3.8) is 0 Å². The molecule has 1 amide bonds. The molecule has 1 aromatic carbocycles. The molecule has 0 bridgehead atoms. The van der Waals surface area contributed by atoms with Crippen molar-refractivity contribution in [2.75, 3.05) is 58.2 Å². The van der Waals surface area contributed by atoms with Gasteiger partial charge in [0, 0.05) is 5.69 Å². The molecular weight excluding hydrogens is 354 g/mol. The van der Waals surface area contributed by atoms with Gasteiger partial charge in [0.1, 0.15) is 18.0 Å². The Labute approximate surface area is 160 Å². The minimum Gasteiger partial charge on any atom is -0.491 e. The Balaban J connectivity index is 2.07. The van der Waals surface area contributed by atoms with Gasteiger partial charge in [0.2, 0.25) is 0 Å². The zero-order valence-corrected chi connectivity index (χ0v) is 16.4. The van der Waals surface area contributed by atoms with Gasteiger partial charge < -0.3 is 28.8 Å². The average Bonchev–Trinajstić information content (AvgIpc) is 2.59. The Kier molecular flexibility index (Phi) is 11.4. The van der Waals surface area contributed by atoms with Gasteiger partial charge in [-0.2, -0.15) is 0 Å². The summed E-state index contributed by atoms with van der Waals surface area (Å²) in [5.41, 5.74) is 0.0965. The van der Waals surface area contributed by atoms with Crippen LogP contribution in [0, 0.1) is 0 Å². The van der Waals surface area contributed by atoms with E-state index in [4.69, 9.17) is 28.8 Å². The zero-order chi connectivity index (χ0) is 20.0. The van der Waals surface area contributed by atoms with Crippen LogP contribution in [-0.4, -0.2) is 69.7 Å². The van der Waals surface area contributed by atoms with Crippen LogP contribution < -0.4 is 10.1 Å². The molecule has 0 saturated heterocycles. The van der Waals surface area contributed by atoms with Crippen molar-refractivity contribution in [3.8, 4) is 5.75 Å². The third kappa shape index (κ3) is 13.0. The maximum Gasteiger partial charge on any atom is 0.412 e. The lowest BCUT2D eigenvalue weighted by molar-refractivity contribution is 0.00361. The van der Waals surface area contributed by atoms with E-state index in [-0.39, 0.29) is 6.61 Å². The van der Waals surface area contributed by atoms with Gasteiger partial charge in [0.05, 0.1) is 46.2 Å². The SMILES string of the molecule is CC(C)(C)OC(=O)Nc1ccc(OCCOCCOCCOCCO)cc1. The summed E-state index contributed by atoms with van der Waals surface area (Å²) in [4.78, 5) is 11.7. The number of carbonyl (C=O) groups excluding carboxylic acids is 1. The summed E-state index contributed by atoms with van der Waals surface area (Å²) >= 11 is 0. The van der Waals surface area contributed by atoms with Crippen molar-refractivity contribution >= 4 is 11.8 Å². The first-order chi connectivity index (χ1) is 12.9. The van der Waals surface area contributed by atoms with E-state index >= 15 is 0 Å². The van der Waals surface area contributed by atoms with Crippen LogP contribution in [0.2, 0.25) is 0 Å². The lowest BCUT2D eigenvalue weighted by Crippen LogP contribution is -2.27. The molecule has 1 rings (SSSR count). The van der Waals surface area contributed by atoms with Crippen molar-refractivity contribution < 1.29 is 33.6 Å². The highest BCUT2D eigenvalue weighted by Gasteiger charge is 2.16. The second-order valence-corrected chi connectivity index (χ2v) is 6.56. The van der Waals surface area contributed by atoms with Gasteiger partial charge in [-0.25, -0.2) is 4.79 Å². The zero-order valence-electron chi connectivity index (χ0n) is 16.4. The summed E-state index contributed by atoms with van der Waals surface area (Å²) < 4.78 is 26.5. The topological polar surface area (TPSA) is 95.5 Å². The van der Waals surface area contributed by atoms with Gasteiger partial charge in [0.15, 0.2) is 0 Å². The molecule has 1 aromatic rings. The van der Waals surface area contributed by atoms with E-state index in [0.717, 1.165) is 0 Å². The van der Waals surface area contributed by atoms with Crippen molar-refractivity contribution in [2.45, 2.75) is 26.4 Å². The summed E-state index contributed by atoms with van der Waals surface area (Å²) in [5.74, 6) is 0.686. The van der Waals surface area contributed by atoms with E-state index < -0.39 is 11.7 Å². The van der Waals surface area contributed by atoms with Crippen LogP contribution >= 0.6 is 0 Å². The fourth-order valence-corrected chi connectivity index (χ4v) is 1.88. The maximum atomic E-state index is 11.7. The molecule has 0 atom stereocenters. The molecule has 0 fully saturated rings. The molecule has 0 aromatic heterocycles. The van der Waals surface area contributed by atoms with E-state index in [9.17, 15) is 4.79 Å². The normalized spacial score (nSPS) is 11.3. The molecule has 27 heavy (non-hydrogen) atoms. The number of carbonyl (C=O) groups is 1. The fourth-order valence-electron chi connectivity index (χ4n) is 1.88. The highest BCUT2D eigenvalue weighted by Crippen LogP contribution is 2.17. The first-order valence-electron chi connectivity index (χ1n) is 8.97. The number of benzene rings is 1. The Morgan fingerprint density at radius 1 is 0.889 bits per heavy atom. The molecule has 8 heteroatoms. The van der Waals surface area contributed by atoms with Gasteiger partial charge >= 0.3 is 6.09 Å². The largest absolute Gasteiger partial charge is 0.491 e. The molecule has 0 saturated carbocycles. The van der Waals surface area contributed by atoms with Crippen LogP contribution in [-0.2, 0) is 18.9 Å². The molecule has 0 aliphatic rings. The predicted octanol–water partition coefficient (Wildman–Crippen LogP) is 2.45. The van der Waals surface area contributed by atoms with E-state index in [1.165, 1.54) is 0 Å². The van der Waals surface area contributed by atoms with Gasteiger partial charge in [-0.15, -0.1) is 0 Å². The van der Waals surface area contributed by atoms with Crippen molar-refractivity contribution in [1.29, 1.82) is 0 Å². The van der Waals surface area contributed by atoms with Crippen LogP contribution in [0.25, 0.3) is 0 Å². The molecule has 0 aliphatic heterocycles. The van der Waals surface area contributed by atoms with Crippen molar-refractivity contribution in [2.24, 2.45) is 0 Å². The average molecular weight is 385 g/mol. The van der Waals surface area contributed by atoms with E-state index in [1.54, 1.807) is 24.3 Å². The quantitative estimate of drug-likeness (QED) is 0.504. The minimum atomic E-state index is -0.536. The number of aliphatic hydroxyl groups excluding tert-OH is 1. The number of anilines is 1. The number of amides is 1. The third-order valence-electron chi connectivity index (χ3n) is 2.98. The number of aliphatic hydroxyl groups is 1. The Hall–Kier alpha value is -1.87. The van der Waals surface area contributed by atoms with Gasteiger partial charge in [-0.1, -0.05) is 0 Å². The summed E-state index contributed by atoms with van der Waals surface area (Å²) in [5, 5.41) is 11.2. The van der Waals surface area contributed by atoms with Crippen LogP contribution in [0.4, 0.5) is 10.5 Å². The van der Waals surface area contributed by atoms with Gasteiger partial charge in [-0.3, -0.25) is 5.32 Å². The first kappa shape index (κ1) is 23.2. The highest BCUT2D eigenvalue weighted by atomic mass is 16.6. The molecule has 0 unspecified atom stereocenters. The smallest absolute Gasteiger partial charge is 0.412 e. The summed E-state index contributed by atoms with van der Waals surface area (Å²) in [6.45, 7) is 8.53. The van der Waals surface area contributed by atoms with Crippen molar-refractivity contribution in [3.05, 3.63) is 24.3 Å². The van der Waals surface area contributed by atoms with Gasteiger partial charge in [0.25, 0.3) is 0 Å². The van der Waals surface area contributed by atoms with E-state index in [0.29, 0.717) is 57.7 Å². The summed E-state index contributed by atoms with van der Waals surface area (Å²) in [7, 11) is 0. The first-order valence-corrected chi connectivity index (χ1v) is 8.97. The lowest BCUT2D eigenvalue weighted by atomic mass is 10.2.